The Kier molecular flexibility index (Phi) is 4.04. The molecule has 9 heteroatoms. The number of likely N-dealkylation sites (tertiary alicyclic amines) is 1. The van der Waals surface area contributed by atoms with Crippen LogP contribution >= 0.6 is 11.6 Å². The molecule has 1 aromatic carbocycles. The Morgan fingerprint density at radius 2 is 2.28 bits per heavy atom. The van der Waals surface area contributed by atoms with Crippen LogP contribution in [0.5, 0.6) is 5.75 Å². The van der Waals surface area contributed by atoms with Gasteiger partial charge in [-0.15, -0.1) is 0 Å². The highest BCUT2D eigenvalue weighted by molar-refractivity contribution is 6.31. The summed E-state index contributed by atoms with van der Waals surface area (Å²) < 4.78 is 7.17. The molecule has 1 atom stereocenters. The van der Waals surface area contributed by atoms with E-state index in [2.05, 4.69) is 10.1 Å². The van der Waals surface area contributed by atoms with E-state index >= 15 is 0 Å². The third-order valence-electron chi connectivity index (χ3n) is 4.48. The van der Waals surface area contributed by atoms with Crippen LogP contribution in [0.15, 0.2) is 30.9 Å². The topological polar surface area (TPSA) is 80.6 Å². The smallest absolute Gasteiger partial charge is 0.265 e. The van der Waals surface area contributed by atoms with Crippen molar-refractivity contribution in [3.8, 4) is 5.75 Å². The Bertz CT molecular complexity index is 810. The molecule has 0 aliphatic carbocycles. The van der Waals surface area contributed by atoms with E-state index in [0.29, 0.717) is 29.5 Å². The van der Waals surface area contributed by atoms with Crippen molar-refractivity contribution in [3.63, 3.8) is 0 Å². The average Bonchev–Trinajstić information content (AvgIpc) is 3.28. The number of hydrogen-bond acceptors (Lipinski definition) is 5. The highest BCUT2D eigenvalue weighted by atomic mass is 35.5. The summed E-state index contributed by atoms with van der Waals surface area (Å²) >= 11 is 6.03. The van der Waals surface area contributed by atoms with Crippen molar-refractivity contribution >= 4 is 29.1 Å². The molecular weight excluding hydrogens is 346 g/mol. The number of rotatable bonds is 3. The maximum atomic E-state index is 12.7. The highest BCUT2D eigenvalue weighted by Gasteiger charge is 2.32. The van der Waals surface area contributed by atoms with Gasteiger partial charge in [0.25, 0.3) is 5.91 Å². The minimum atomic E-state index is -0.255. The van der Waals surface area contributed by atoms with Gasteiger partial charge in [-0.1, -0.05) is 11.6 Å². The summed E-state index contributed by atoms with van der Waals surface area (Å²) in [5.74, 6) is 0.192. The van der Waals surface area contributed by atoms with Crippen molar-refractivity contribution in [2.75, 3.05) is 31.1 Å². The van der Waals surface area contributed by atoms with Crippen molar-refractivity contribution < 1.29 is 14.3 Å². The quantitative estimate of drug-likeness (QED) is 0.818. The van der Waals surface area contributed by atoms with Crippen molar-refractivity contribution in [2.45, 2.75) is 12.5 Å². The van der Waals surface area contributed by atoms with Gasteiger partial charge in [0, 0.05) is 18.1 Å². The lowest BCUT2D eigenvalue weighted by atomic mass is 10.2. The summed E-state index contributed by atoms with van der Waals surface area (Å²) in [5, 5.41) is 4.62. The lowest BCUT2D eigenvalue weighted by Crippen LogP contribution is -2.46. The van der Waals surface area contributed by atoms with Gasteiger partial charge in [0.1, 0.15) is 24.9 Å². The first-order chi connectivity index (χ1) is 12.1. The second-order valence-electron chi connectivity index (χ2n) is 6.04. The van der Waals surface area contributed by atoms with Crippen LogP contribution in [0.3, 0.4) is 0 Å². The Hall–Kier alpha value is -2.61. The van der Waals surface area contributed by atoms with E-state index in [0.717, 1.165) is 6.42 Å². The molecule has 2 amide bonds. The third-order valence-corrected chi connectivity index (χ3v) is 4.72. The molecule has 2 aromatic rings. The number of amides is 2. The third kappa shape index (κ3) is 3.05. The summed E-state index contributed by atoms with van der Waals surface area (Å²) in [6.07, 6.45) is 3.95. The fourth-order valence-corrected chi connectivity index (χ4v) is 3.34. The second kappa shape index (κ2) is 6.36. The molecule has 0 bridgehead atoms. The van der Waals surface area contributed by atoms with Crippen LogP contribution in [0.2, 0.25) is 5.02 Å². The van der Waals surface area contributed by atoms with Crippen LogP contribution < -0.4 is 9.64 Å². The number of benzene rings is 1. The monoisotopic (exact) mass is 361 g/mol. The Labute approximate surface area is 148 Å². The summed E-state index contributed by atoms with van der Waals surface area (Å²) in [4.78, 5) is 32.0. The van der Waals surface area contributed by atoms with Crippen LogP contribution in [0.25, 0.3) is 0 Å². The van der Waals surface area contributed by atoms with E-state index in [1.807, 2.05) is 0 Å². The summed E-state index contributed by atoms with van der Waals surface area (Å²) in [6, 6.07) is 5.16. The Balaban J connectivity index is 1.48. The van der Waals surface area contributed by atoms with Gasteiger partial charge in [-0.25, -0.2) is 9.67 Å². The van der Waals surface area contributed by atoms with Gasteiger partial charge in [0.2, 0.25) is 5.91 Å². The molecule has 1 saturated heterocycles. The number of anilines is 1. The average molecular weight is 362 g/mol. The van der Waals surface area contributed by atoms with Gasteiger partial charge < -0.3 is 9.64 Å². The SMILES string of the molecule is O=C(CN1C(=O)COc2ccc(Cl)cc21)N1CCC(n2cncn2)C1. The van der Waals surface area contributed by atoms with E-state index in [9.17, 15) is 9.59 Å². The number of carbonyl (C=O) groups is 2. The molecule has 2 aliphatic heterocycles. The molecule has 0 N–H and O–H groups in total. The molecule has 25 heavy (non-hydrogen) atoms. The zero-order valence-electron chi connectivity index (χ0n) is 13.3. The number of hydrogen-bond donors (Lipinski definition) is 0. The Morgan fingerprint density at radius 3 is 3.08 bits per heavy atom. The minimum absolute atomic E-state index is 0.0282. The first kappa shape index (κ1) is 15.9. The van der Waals surface area contributed by atoms with Crippen LogP contribution in [0.4, 0.5) is 5.69 Å². The van der Waals surface area contributed by atoms with Crippen molar-refractivity contribution in [1.82, 2.24) is 19.7 Å². The molecule has 1 aromatic heterocycles. The minimum Gasteiger partial charge on any atom is -0.482 e. The molecule has 0 radical (unpaired) electrons. The van der Waals surface area contributed by atoms with E-state index < -0.39 is 0 Å². The van der Waals surface area contributed by atoms with Crippen LogP contribution in [0.1, 0.15) is 12.5 Å². The molecule has 8 nitrogen and oxygen atoms in total. The van der Waals surface area contributed by atoms with Gasteiger partial charge in [0.05, 0.1) is 11.7 Å². The van der Waals surface area contributed by atoms with Crippen LogP contribution in [-0.4, -0.2) is 57.7 Å². The highest BCUT2D eigenvalue weighted by Crippen LogP contribution is 2.34. The molecule has 0 saturated carbocycles. The summed E-state index contributed by atoms with van der Waals surface area (Å²) in [5.41, 5.74) is 0.532. The molecule has 1 unspecified atom stereocenters. The normalized spacial score (nSPS) is 19.7. The van der Waals surface area contributed by atoms with Gasteiger partial charge in [-0.05, 0) is 24.6 Å². The van der Waals surface area contributed by atoms with Crippen molar-refractivity contribution in [1.29, 1.82) is 0 Å². The molecule has 0 spiro atoms. The lowest BCUT2D eigenvalue weighted by Gasteiger charge is -2.30. The van der Waals surface area contributed by atoms with Crippen LogP contribution in [0, 0.1) is 0 Å². The fourth-order valence-electron chi connectivity index (χ4n) is 3.17. The number of carbonyl (C=O) groups excluding carboxylic acids is 2. The lowest BCUT2D eigenvalue weighted by molar-refractivity contribution is -0.131. The number of halogens is 1. The first-order valence-electron chi connectivity index (χ1n) is 7.96. The number of aromatic nitrogens is 3. The first-order valence-corrected chi connectivity index (χ1v) is 8.34. The van der Waals surface area contributed by atoms with Crippen molar-refractivity contribution in [2.24, 2.45) is 0 Å². The van der Waals surface area contributed by atoms with E-state index in [4.69, 9.17) is 16.3 Å². The zero-order valence-corrected chi connectivity index (χ0v) is 14.1. The fraction of sp³-hybridized carbons (Fsp3) is 0.375. The maximum Gasteiger partial charge on any atom is 0.265 e. The molecule has 2 aliphatic rings. The molecule has 3 heterocycles. The van der Waals surface area contributed by atoms with E-state index in [-0.39, 0.29) is 31.0 Å². The van der Waals surface area contributed by atoms with Gasteiger partial charge in [-0.2, -0.15) is 5.10 Å². The molecule has 4 rings (SSSR count). The molecular formula is C16H16ClN5O3. The predicted molar refractivity (Wildman–Crippen MR) is 89.6 cm³/mol. The standard InChI is InChI=1S/C16H16ClN5O3/c17-11-1-2-14-13(5-11)21(16(24)8-25-14)7-15(23)20-4-3-12(6-20)22-10-18-9-19-22/h1-2,5,9-10,12H,3-4,6-8H2. The summed E-state index contributed by atoms with van der Waals surface area (Å²) in [6.45, 7) is 1.08. The molecule has 1 fully saturated rings. The zero-order chi connectivity index (χ0) is 17.4. The molecule has 130 valence electrons. The van der Waals surface area contributed by atoms with E-state index in [1.165, 1.54) is 11.2 Å². The van der Waals surface area contributed by atoms with Crippen LogP contribution in [-0.2, 0) is 9.59 Å². The van der Waals surface area contributed by atoms with E-state index in [1.54, 1.807) is 34.1 Å². The maximum absolute atomic E-state index is 12.7. The van der Waals surface area contributed by atoms with Gasteiger partial charge in [-0.3, -0.25) is 14.5 Å². The number of ether oxygens (including phenoxy) is 1. The van der Waals surface area contributed by atoms with Gasteiger partial charge >= 0.3 is 0 Å². The summed E-state index contributed by atoms with van der Waals surface area (Å²) in [7, 11) is 0. The second-order valence-corrected chi connectivity index (χ2v) is 6.47. The Morgan fingerprint density at radius 1 is 1.40 bits per heavy atom. The van der Waals surface area contributed by atoms with Crippen molar-refractivity contribution in [3.05, 3.63) is 35.9 Å². The van der Waals surface area contributed by atoms with Gasteiger partial charge in [0.15, 0.2) is 6.61 Å². The predicted octanol–water partition coefficient (Wildman–Crippen LogP) is 1.13. The number of fused-ring (bicyclic) bond motifs is 1. The largest absolute Gasteiger partial charge is 0.482 e. The number of nitrogens with zero attached hydrogens (tertiary/aromatic N) is 5.